The number of hydrogen-bond donors (Lipinski definition) is 1. The highest BCUT2D eigenvalue weighted by Gasteiger charge is 2.16. The Labute approximate surface area is 316 Å². The van der Waals surface area contributed by atoms with E-state index in [0.717, 1.165) is 50.0 Å². The molecule has 10 nitrogen and oxygen atoms in total. The normalized spacial score (nSPS) is 13.4. The zero-order valence-corrected chi connectivity index (χ0v) is 31.1. The third-order valence-corrected chi connectivity index (χ3v) is 9.48. The van der Waals surface area contributed by atoms with E-state index in [1.54, 1.807) is 50.2 Å². The van der Waals surface area contributed by atoms with Gasteiger partial charge >= 0.3 is 0 Å². The van der Waals surface area contributed by atoms with Crippen molar-refractivity contribution < 1.29 is 0 Å². The lowest BCUT2D eigenvalue weighted by molar-refractivity contribution is 0.763. The number of hydrogen-bond acceptors (Lipinski definition) is 8. The van der Waals surface area contributed by atoms with E-state index in [2.05, 4.69) is 68.1 Å². The highest BCUT2D eigenvalue weighted by Crippen LogP contribution is 2.26. The SMILES string of the molecule is CC1C=C(c2ccccc2)N=C1CCl.Cn1cc(-c2ccccc2)nc1CSc1nc2ccccn2n1.N=c1ccccn1CC(=S)n1ccnc1. The number of benzene rings is 2. The Balaban J connectivity index is 0.000000140. The van der Waals surface area contributed by atoms with Crippen LogP contribution >= 0.6 is 35.6 Å². The number of imidazole rings is 2. The van der Waals surface area contributed by atoms with Gasteiger partial charge in [0, 0.05) is 55.2 Å². The number of rotatable bonds is 8. The maximum absolute atomic E-state index is 7.67. The van der Waals surface area contributed by atoms with Crippen LogP contribution in [0.5, 0.6) is 0 Å². The van der Waals surface area contributed by atoms with Gasteiger partial charge in [-0.3, -0.25) is 15.0 Å². The number of nitrogens with zero attached hydrogens (tertiary/aromatic N) is 9. The smallest absolute Gasteiger partial charge is 0.209 e. The van der Waals surface area contributed by atoms with Crippen LogP contribution in [0, 0.1) is 11.3 Å². The van der Waals surface area contributed by atoms with E-state index in [0.29, 0.717) is 23.8 Å². The first-order valence-electron chi connectivity index (χ1n) is 16.5. The number of aromatic nitrogens is 8. The van der Waals surface area contributed by atoms with Crippen LogP contribution in [0.15, 0.2) is 151 Å². The summed E-state index contributed by atoms with van der Waals surface area (Å²) in [6.45, 7) is 2.64. The van der Waals surface area contributed by atoms with Crippen molar-refractivity contribution in [3.05, 3.63) is 157 Å². The Hall–Kier alpha value is -5.43. The van der Waals surface area contributed by atoms with E-state index in [9.17, 15) is 0 Å². The Morgan fingerprint density at radius 3 is 2.27 bits per heavy atom. The van der Waals surface area contributed by atoms with Crippen molar-refractivity contribution in [1.29, 1.82) is 5.41 Å². The number of halogens is 1. The lowest BCUT2D eigenvalue weighted by Crippen LogP contribution is -2.24. The molecule has 8 rings (SSSR count). The lowest BCUT2D eigenvalue weighted by atomic mass is 10.1. The summed E-state index contributed by atoms with van der Waals surface area (Å²) in [6, 6.07) is 31.7. The summed E-state index contributed by atoms with van der Waals surface area (Å²) in [5.41, 5.74) is 6.70. The molecular weight excluding hydrogens is 708 g/mol. The molecule has 6 heterocycles. The summed E-state index contributed by atoms with van der Waals surface area (Å²) in [6.07, 6.45) is 13.1. The number of allylic oxidation sites excluding steroid dienone is 1. The van der Waals surface area contributed by atoms with Crippen molar-refractivity contribution in [1.82, 2.24) is 38.3 Å². The van der Waals surface area contributed by atoms with Gasteiger partial charge in [0.25, 0.3) is 0 Å². The Morgan fingerprint density at radius 1 is 0.885 bits per heavy atom. The van der Waals surface area contributed by atoms with E-state index < -0.39 is 0 Å². The van der Waals surface area contributed by atoms with Crippen molar-refractivity contribution in [2.45, 2.75) is 24.4 Å². The molecule has 0 saturated carbocycles. The second-order valence-corrected chi connectivity index (χ2v) is 13.4. The molecule has 0 aliphatic carbocycles. The van der Waals surface area contributed by atoms with Crippen LogP contribution in [0.1, 0.15) is 18.3 Å². The molecule has 0 saturated heterocycles. The predicted octanol–water partition coefficient (Wildman–Crippen LogP) is 7.82. The molecule has 2 aromatic carbocycles. The van der Waals surface area contributed by atoms with Crippen molar-refractivity contribution in [2.75, 3.05) is 5.88 Å². The molecule has 5 aromatic heterocycles. The molecule has 1 aliphatic heterocycles. The first-order valence-corrected chi connectivity index (χ1v) is 18.4. The minimum absolute atomic E-state index is 0.378. The second-order valence-electron chi connectivity index (χ2n) is 11.7. The lowest BCUT2D eigenvalue weighted by Gasteiger charge is -2.07. The zero-order valence-electron chi connectivity index (χ0n) is 28.7. The summed E-state index contributed by atoms with van der Waals surface area (Å²) >= 11 is 12.6. The van der Waals surface area contributed by atoms with Crippen LogP contribution in [-0.4, -0.2) is 54.8 Å². The fourth-order valence-electron chi connectivity index (χ4n) is 5.18. The molecule has 52 heavy (non-hydrogen) atoms. The Kier molecular flexibility index (Phi) is 12.4. The fraction of sp³-hybridized carbons (Fsp3) is 0.154. The number of aryl methyl sites for hydroxylation is 1. The van der Waals surface area contributed by atoms with Gasteiger partial charge in [-0.1, -0.05) is 104 Å². The van der Waals surface area contributed by atoms with Crippen molar-refractivity contribution >= 4 is 57.6 Å². The first-order chi connectivity index (χ1) is 25.4. The summed E-state index contributed by atoms with van der Waals surface area (Å²) in [7, 11) is 2.02. The molecule has 0 fully saturated rings. The largest absolute Gasteiger partial charge is 0.337 e. The average Bonchev–Trinajstić information content (AvgIpc) is 4.00. The van der Waals surface area contributed by atoms with E-state index >= 15 is 0 Å². The van der Waals surface area contributed by atoms with E-state index in [-0.39, 0.29) is 0 Å². The molecule has 0 amide bonds. The molecule has 7 aromatic rings. The topological polar surface area (TPSA) is 107 Å². The van der Waals surface area contributed by atoms with Crippen molar-refractivity contribution in [2.24, 2.45) is 18.0 Å². The van der Waals surface area contributed by atoms with Gasteiger partial charge in [-0.05, 0) is 35.9 Å². The molecule has 0 radical (unpaired) electrons. The van der Waals surface area contributed by atoms with Crippen molar-refractivity contribution in [3.63, 3.8) is 0 Å². The second kappa shape index (κ2) is 17.7. The highest BCUT2D eigenvalue weighted by atomic mass is 35.5. The molecule has 262 valence electrons. The number of nitrogens with one attached hydrogen (secondary N) is 1. The standard InChI is InChI=1S/C17H15N5S.C12H12ClN.C10H10N4S/c1-21-11-14(13-7-3-2-4-8-13)18-16(21)12-23-17-19-15-9-5-6-10-22(15)20-17;1-9-7-11(14-12(9)8-13)10-5-3-2-4-6-10;11-9-3-1-2-5-13(9)7-10(15)14-6-4-12-8-14/h2-11H,12H2,1H3;2-7,9H,8H2,1H3;1-6,8,11H,7H2. The predicted molar refractivity (Wildman–Crippen MR) is 213 cm³/mol. The van der Waals surface area contributed by atoms with Crippen LogP contribution < -0.4 is 5.49 Å². The maximum atomic E-state index is 7.67. The summed E-state index contributed by atoms with van der Waals surface area (Å²) < 4.78 is 7.40. The van der Waals surface area contributed by atoms with E-state index in [1.807, 2.05) is 86.2 Å². The summed E-state index contributed by atoms with van der Waals surface area (Å²) in [4.78, 5) is 18.4. The monoisotopic (exact) mass is 744 g/mol. The number of aliphatic imine (C=N–C) groups is 1. The van der Waals surface area contributed by atoms with E-state index in [4.69, 9.17) is 34.2 Å². The van der Waals surface area contributed by atoms with Crippen LogP contribution in [0.2, 0.25) is 0 Å². The Morgan fingerprint density at radius 2 is 1.60 bits per heavy atom. The van der Waals surface area contributed by atoms with Gasteiger partial charge in [0.05, 0.1) is 35.9 Å². The molecule has 1 N–H and O–H groups in total. The highest BCUT2D eigenvalue weighted by molar-refractivity contribution is 7.98. The average molecular weight is 745 g/mol. The zero-order chi connectivity index (χ0) is 36.3. The quantitative estimate of drug-likeness (QED) is 0.0967. The number of thioether (sulfide) groups is 1. The van der Waals surface area contributed by atoms with Gasteiger partial charge in [0.15, 0.2) is 5.65 Å². The number of pyridine rings is 2. The molecular formula is C39H37ClN10S2. The van der Waals surface area contributed by atoms with Crippen LogP contribution in [-0.2, 0) is 19.3 Å². The molecule has 13 heteroatoms. The number of alkyl halides is 1. The Bertz CT molecular complexity index is 2310. The fourth-order valence-corrected chi connectivity index (χ4v) is 6.56. The maximum Gasteiger partial charge on any atom is 0.209 e. The van der Waals surface area contributed by atoms with Gasteiger partial charge in [-0.2, -0.15) is 0 Å². The summed E-state index contributed by atoms with van der Waals surface area (Å²) in [5.74, 6) is 2.64. The molecule has 0 spiro atoms. The third kappa shape index (κ3) is 9.46. The van der Waals surface area contributed by atoms with Gasteiger partial charge in [-0.15, -0.1) is 16.7 Å². The summed E-state index contributed by atoms with van der Waals surface area (Å²) in [5, 5.41) is 12.9. The van der Waals surface area contributed by atoms with Crippen LogP contribution in [0.3, 0.4) is 0 Å². The van der Waals surface area contributed by atoms with Crippen LogP contribution in [0.25, 0.3) is 22.6 Å². The van der Waals surface area contributed by atoms with Crippen LogP contribution in [0.4, 0.5) is 0 Å². The number of fused-ring (bicyclic) bond motifs is 1. The third-order valence-electron chi connectivity index (χ3n) is 8.04. The minimum Gasteiger partial charge on any atom is -0.337 e. The van der Waals surface area contributed by atoms with E-state index in [1.165, 1.54) is 5.56 Å². The van der Waals surface area contributed by atoms with Gasteiger partial charge in [-0.25, -0.2) is 19.5 Å². The van der Waals surface area contributed by atoms with Gasteiger partial charge in [0.1, 0.15) is 16.3 Å². The van der Waals surface area contributed by atoms with Gasteiger partial charge < -0.3 is 9.13 Å². The molecule has 1 unspecified atom stereocenters. The number of thiocarbonyl (C=S) groups is 1. The molecule has 0 bridgehead atoms. The minimum atomic E-state index is 0.378. The van der Waals surface area contributed by atoms with Crippen molar-refractivity contribution in [3.8, 4) is 11.3 Å². The van der Waals surface area contributed by atoms with Gasteiger partial charge in [0.2, 0.25) is 5.16 Å². The molecule has 1 atom stereocenters. The first kappa shape index (κ1) is 36.4. The molecule has 1 aliphatic rings.